The zero-order chi connectivity index (χ0) is 25.2. The van der Waals surface area contributed by atoms with E-state index in [0.29, 0.717) is 26.2 Å². The number of carbonyl (C=O) groups excluding carboxylic acids is 1. The van der Waals surface area contributed by atoms with E-state index in [2.05, 4.69) is 29.2 Å². The molecule has 3 aromatic carbocycles. The number of ether oxygens (including phenoxy) is 2. The number of nitrogens with two attached hydrogens (primary N) is 1. The molecule has 4 rings (SSSR count). The van der Waals surface area contributed by atoms with Crippen LogP contribution in [0.4, 0.5) is 0 Å². The normalized spacial score (nSPS) is 11.7. The molecule has 0 fully saturated rings. The molecule has 0 bridgehead atoms. The number of benzene rings is 3. The van der Waals surface area contributed by atoms with E-state index in [1.54, 1.807) is 10.8 Å². The summed E-state index contributed by atoms with van der Waals surface area (Å²) in [5.74, 6) is 1.06. The number of aliphatic hydroxyl groups excluding tert-OH is 1. The van der Waals surface area contributed by atoms with Crippen molar-refractivity contribution in [2.45, 2.75) is 31.9 Å². The molecule has 0 radical (unpaired) electrons. The number of hydrogen-bond donors (Lipinski definition) is 2. The van der Waals surface area contributed by atoms with Crippen LogP contribution in [0.25, 0.3) is 11.1 Å². The van der Waals surface area contributed by atoms with Crippen molar-refractivity contribution in [1.29, 1.82) is 0 Å². The minimum Gasteiger partial charge on any atom is -0.490 e. The highest BCUT2D eigenvalue weighted by molar-refractivity contribution is 5.90. The van der Waals surface area contributed by atoms with Crippen LogP contribution in [0.3, 0.4) is 0 Å². The molecule has 1 heterocycles. The van der Waals surface area contributed by atoms with Crippen LogP contribution >= 0.6 is 0 Å². The van der Waals surface area contributed by atoms with Gasteiger partial charge in [0.15, 0.2) is 0 Å². The van der Waals surface area contributed by atoms with Gasteiger partial charge in [0, 0.05) is 12.7 Å². The first kappa shape index (κ1) is 25.0. The number of carbonyl (C=O) groups is 1. The molecule has 4 aromatic rings. The van der Waals surface area contributed by atoms with Gasteiger partial charge in [0.2, 0.25) is 0 Å². The summed E-state index contributed by atoms with van der Waals surface area (Å²) in [5, 5.41) is 10.3. The van der Waals surface area contributed by atoms with Crippen LogP contribution in [-0.4, -0.2) is 39.9 Å². The Balaban J connectivity index is 1.19. The molecule has 7 heteroatoms. The van der Waals surface area contributed by atoms with Gasteiger partial charge in [0.25, 0.3) is 5.91 Å². The second-order valence-electron chi connectivity index (χ2n) is 8.56. The van der Waals surface area contributed by atoms with Crippen molar-refractivity contribution in [3.63, 3.8) is 0 Å². The average molecular weight is 486 g/mol. The van der Waals surface area contributed by atoms with Gasteiger partial charge in [-0.2, -0.15) is 0 Å². The molecule has 1 atom stereocenters. The Morgan fingerprint density at radius 1 is 0.917 bits per heavy atom. The number of amides is 1. The third-order valence-electron chi connectivity index (χ3n) is 5.83. The van der Waals surface area contributed by atoms with Crippen LogP contribution in [-0.2, 0) is 13.0 Å². The molecule has 36 heavy (non-hydrogen) atoms. The number of aryl methyl sites for hydroxylation is 1. The van der Waals surface area contributed by atoms with Crippen LogP contribution in [0.15, 0.2) is 91.4 Å². The molecule has 0 unspecified atom stereocenters. The second-order valence-corrected chi connectivity index (χ2v) is 8.56. The Morgan fingerprint density at radius 3 is 2.36 bits per heavy atom. The maximum absolute atomic E-state index is 11.2. The Labute approximate surface area is 211 Å². The Kier molecular flexibility index (Phi) is 8.72. The van der Waals surface area contributed by atoms with E-state index in [1.807, 2.05) is 54.6 Å². The van der Waals surface area contributed by atoms with Gasteiger partial charge >= 0.3 is 0 Å². The smallest absolute Gasteiger partial charge is 0.268 e. The number of imidazole rings is 1. The Hall–Kier alpha value is -4.10. The molecule has 0 aliphatic heterocycles. The summed E-state index contributed by atoms with van der Waals surface area (Å²) >= 11 is 0. The highest BCUT2D eigenvalue weighted by Gasteiger charge is 2.10. The molecular formula is C29H31N3O4. The first-order valence-corrected chi connectivity index (χ1v) is 12.1. The fraction of sp³-hybridized carbons (Fsp3) is 0.241. The average Bonchev–Trinajstić information content (AvgIpc) is 3.37. The molecule has 3 N–H and O–H groups in total. The maximum Gasteiger partial charge on any atom is 0.268 e. The maximum atomic E-state index is 11.2. The van der Waals surface area contributed by atoms with E-state index in [9.17, 15) is 9.90 Å². The Bertz CT molecular complexity index is 1240. The van der Waals surface area contributed by atoms with Crippen molar-refractivity contribution >= 4 is 5.91 Å². The van der Waals surface area contributed by atoms with Gasteiger partial charge in [-0.25, -0.2) is 4.98 Å². The van der Waals surface area contributed by atoms with Gasteiger partial charge in [0.05, 0.1) is 12.4 Å². The van der Waals surface area contributed by atoms with Crippen LogP contribution in [0, 0.1) is 0 Å². The van der Waals surface area contributed by atoms with Gasteiger partial charge < -0.3 is 24.9 Å². The predicted molar refractivity (Wildman–Crippen MR) is 139 cm³/mol. The topological polar surface area (TPSA) is 99.6 Å². The standard InChI is InChI=1S/C29H31N3O4/c30-29(34)27-20-32(21-31-27)19-25(33)11-6-10-24-9-4-5-12-28(24)36-18-17-35-26-15-13-23(14-16-26)22-7-2-1-3-8-22/h1-5,7-9,12-16,20-21,25,33H,6,10-11,17-19H2,(H2,30,34)/t25-/m0/s1. The third kappa shape index (κ3) is 7.20. The summed E-state index contributed by atoms with van der Waals surface area (Å²) in [6, 6.07) is 26.2. The Morgan fingerprint density at radius 2 is 1.61 bits per heavy atom. The second kappa shape index (κ2) is 12.6. The van der Waals surface area contributed by atoms with Crippen molar-refractivity contribution in [3.05, 3.63) is 103 Å². The molecule has 7 nitrogen and oxygen atoms in total. The third-order valence-corrected chi connectivity index (χ3v) is 5.83. The molecule has 0 saturated carbocycles. The van der Waals surface area contributed by atoms with Gasteiger partial charge in [-0.3, -0.25) is 4.79 Å². The predicted octanol–water partition coefficient (Wildman–Crippen LogP) is 4.49. The fourth-order valence-corrected chi connectivity index (χ4v) is 3.99. The SMILES string of the molecule is NC(=O)c1cn(C[C@@H](O)CCCc2ccccc2OCCOc2ccc(-c3ccccc3)cc2)cn1. The minimum absolute atomic E-state index is 0.196. The van der Waals surface area contributed by atoms with E-state index in [1.165, 1.54) is 11.9 Å². The number of rotatable bonds is 13. The van der Waals surface area contributed by atoms with Crippen molar-refractivity contribution in [2.75, 3.05) is 13.2 Å². The first-order valence-electron chi connectivity index (χ1n) is 12.1. The highest BCUT2D eigenvalue weighted by Crippen LogP contribution is 2.23. The number of aliphatic hydroxyl groups is 1. The number of aromatic nitrogens is 2. The van der Waals surface area contributed by atoms with Gasteiger partial charge in [-0.1, -0.05) is 60.7 Å². The van der Waals surface area contributed by atoms with Crippen LogP contribution in [0.2, 0.25) is 0 Å². The molecular weight excluding hydrogens is 454 g/mol. The lowest BCUT2D eigenvalue weighted by Gasteiger charge is -2.14. The van der Waals surface area contributed by atoms with Crippen LogP contribution in [0.1, 0.15) is 28.9 Å². The molecule has 0 aliphatic carbocycles. The largest absolute Gasteiger partial charge is 0.490 e. The molecule has 0 aliphatic rings. The zero-order valence-corrected chi connectivity index (χ0v) is 20.1. The number of hydrogen-bond acceptors (Lipinski definition) is 5. The molecule has 0 saturated heterocycles. The van der Waals surface area contributed by atoms with Crippen molar-refractivity contribution in [2.24, 2.45) is 5.73 Å². The lowest BCUT2D eigenvalue weighted by molar-refractivity contribution is 0.0995. The zero-order valence-electron chi connectivity index (χ0n) is 20.1. The lowest BCUT2D eigenvalue weighted by Crippen LogP contribution is -2.16. The highest BCUT2D eigenvalue weighted by atomic mass is 16.5. The van der Waals surface area contributed by atoms with E-state index in [-0.39, 0.29) is 5.69 Å². The summed E-state index contributed by atoms with van der Waals surface area (Å²) in [4.78, 5) is 15.1. The summed E-state index contributed by atoms with van der Waals surface area (Å²) in [7, 11) is 0. The van der Waals surface area contributed by atoms with Crippen LogP contribution in [0.5, 0.6) is 11.5 Å². The molecule has 1 amide bonds. The molecule has 1 aromatic heterocycles. The molecule has 186 valence electrons. The van der Waals surface area contributed by atoms with Crippen molar-refractivity contribution < 1.29 is 19.4 Å². The van der Waals surface area contributed by atoms with Gasteiger partial charge in [0.1, 0.15) is 30.4 Å². The summed E-state index contributed by atoms with van der Waals surface area (Å²) in [6.45, 7) is 1.24. The number of primary amides is 1. The molecule has 0 spiro atoms. The van der Waals surface area contributed by atoms with Gasteiger partial charge in [-0.15, -0.1) is 0 Å². The van der Waals surface area contributed by atoms with E-state index in [4.69, 9.17) is 15.2 Å². The summed E-state index contributed by atoms with van der Waals surface area (Å²) < 4.78 is 13.5. The quantitative estimate of drug-likeness (QED) is 0.272. The van der Waals surface area contributed by atoms with E-state index in [0.717, 1.165) is 35.5 Å². The first-order chi connectivity index (χ1) is 17.6. The number of nitrogens with zero attached hydrogens (tertiary/aromatic N) is 2. The minimum atomic E-state index is -0.578. The number of para-hydroxylation sites is 1. The fourth-order valence-electron chi connectivity index (χ4n) is 3.99. The van der Waals surface area contributed by atoms with Crippen LogP contribution < -0.4 is 15.2 Å². The van der Waals surface area contributed by atoms with Crippen molar-refractivity contribution in [3.8, 4) is 22.6 Å². The van der Waals surface area contributed by atoms with E-state index < -0.39 is 12.0 Å². The monoisotopic (exact) mass is 485 g/mol. The lowest BCUT2D eigenvalue weighted by atomic mass is 10.0. The summed E-state index contributed by atoms with van der Waals surface area (Å²) in [6.07, 6.45) is 4.70. The van der Waals surface area contributed by atoms with Crippen molar-refractivity contribution in [1.82, 2.24) is 9.55 Å². The van der Waals surface area contributed by atoms with Gasteiger partial charge in [-0.05, 0) is 54.2 Å². The summed E-state index contributed by atoms with van der Waals surface area (Å²) in [5.41, 5.74) is 8.84. The van der Waals surface area contributed by atoms with E-state index >= 15 is 0 Å².